The Labute approximate surface area is 124 Å². The maximum Gasteiger partial charge on any atom is 0.191 e. The van der Waals surface area contributed by atoms with E-state index in [-0.39, 0.29) is 6.54 Å². The minimum atomic E-state index is -0.414. The molecule has 0 bridgehead atoms. The van der Waals surface area contributed by atoms with Gasteiger partial charge in [0.05, 0.1) is 24.8 Å². The molecule has 2 N–H and O–H groups in total. The molecule has 21 heavy (non-hydrogen) atoms. The number of hydrogen-bond donors (Lipinski definition) is 2. The van der Waals surface area contributed by atoms with Crippen molar-refractivity contribution in [1.82, 2.24) is 10.6 Å². The third-order valence-electron chi connectivity index (χ3n) is 2.68. The van der Waals surface area contributed by atoms with Gasteiger partial charge >= 0.3 is 0 Å². The summed E-state index contributed by atoms with van der Waals surface area (Å²) in [7, 11) is 0. The second-order valence-corrected chi connectivity index (χ2v) is 4.24. The molecule has 1 aromatic rings. The molecule has 0 amide bonds. The van der Waals surface area contributed by atoms with Gasteiger partial charge in [-0.05, 0) is 26.0 Å². The van der Waals surface area contributed by atoms with E-state index in [0.29, 0.717) is 36.8 Å². The van der Waals surface area contributed by atoms with Crippen LogP contribution in [0.3, 0.4) is 0 Å². The van der Waals surface area contributed by atoms with E-state index in [1.807, 2.05) is 19.9 Å². The van der Waals surface area contributed by atoms with Crippen molar-refractivity contribution in [2.45, 2.75) is 20.4 Å². The molecule has 0 aliphatic heterocycles. The van der Waals surface area contributed by atoms with E-state index in [1.165, 1.54) is 6.07 Å². The van der Waals surface area contributed by atoms with E-state index in [1.54, 1.807) is 12.1 Å². The van der Waals surface area contributed by atoms with Crippen LogP contribution in [0, 0.1) is 17.1 Å². The van der Waals surface area contributed by atoms with Gasteiger partial charge in [-0.2, -0.15) is 5.26 Å². The fourth-order valence-electron chi connectivity index (χ4n) is 1.64. The zero-order valence-electron chi connectivity index (χ0n) is 12.4. The summed E-state index contributed by atoms with van der Waals surface area (Å²) >= 11 is 0. The number of nitriles is 1. The normalized spacial score (nSPS) is 11.0. The van der Waals surface area contributed by atoms with Gasteiger partial charge < -0.3 is 15.4 Å². The highest BCUT2D eigenvalue weighted by atomic mass is 19.1. The van der Waals surface area contributed by atoms with Crippen molar-refractivity contribution >= 4 is 5.96 Å². The Hall–Kier alpha value is -2.13. The van der Waals surface area contributed by atoms with Crippen molar-refractivity contribution < 1.29 is 9.13 Å². The number of halogens is 1. The van der Waals surface area contributed by atoms with Crippen LogP contribution in [0.5, 0.6) is 0 Å². The van der Waals surface area contributed by atoms with E-state index >= 15 is 0 Å². The first-order valence-electron chi connectivity index (χ1n) is 6.99. The summed E-state index contributed by atoms with van der Waals surface area (Å²) in [6.07, 6.45) is 0. The molecule has 0 aliphatic rings. The van der Waals surface area contributed by atoms with Gasteiger partial charge in [-0.3, -0.25) is 0 Å². The van der Waals surface area contributed by atoms with Gasteiger partial charge in [-0.15, -0.1) is 0 Å². The second-order valence-electron chi connectivity index (χ2n) is 4.24. The fraction of sp³-hybridized carbons (Fsp3) is 0.467. The molecule has 114 valence electrons. The monoisotopic (exact) mass is 292 g/mol. The first-order valence-corrected chi connectivity index (χ1v) is 6.99. The van der Waals surface area contributed by atoms with Crippen LogP contribution in [0.15, 0.2) is 23.2 Å². The molecule has 0 heterocycles. The van der Waals surface area contributed by atoms with Gasteiger partial charge in [0, 0.05) is 25.3 Å². The molecular formula is C15H21FN4O. The Morgan fingerprint density at radius 1 is 1.38 bits per heavy atom. The summed E-state index contributed by atoms with van der Waals surface area (Å²) in [5.74, 6) is 0.198. The summed E-state index contributed by atoms with van der Waals surface area (Å²) < 4.78 is 19.0. The highest BCUT2D eigenvalue weighted by Crippen LogP contribution is 2.10. The molecule has 5 nitrogen and oxygen atoms in total. The van der Waals surface area contributed by atoms with E-state index in [9.17, 15) is 4.39 Å². The predicted octanol–water partition coefficient (Wildman–Crippen LogP) is 1.79. The van der Waals surface area contributed by atoms with Crippen molar-refractivity contribution in [2.24, 2.45) is 4.99 Å². The Morgan fingerprint density at radius 2 is 2.19 bits per heavy atom. The first-order chi connectivity index (χ1) is 10.2. The van der Waals surface area contributed by atoms with Crippen LogP contribution in [0.4, 0.5) is 4.39 Å². The number of benzene rings is 1. The van der Waals surface area contributed by atoms with Crippen LogP contribution in [-0.2, 0) is 11.3 Å². The van der Waals surface area contributed by atoms with Crippen LogP contribution in [-0.4, -0.2) is 32.3 Å². The number of nitrogens with zero attached hydrogens (tertiary/aromatic N) is 2. The van der Waals surface area contributed by atoms with E-state index in [2.05, 4.69) is 15.6 Å². The molecule has 6 heteroatoms. The Kier molecular flexibility index (Phi) is 7.84. The molecule has 0 spiro atoms. The maximum absolute atomic E-state index is 13.7. The summed E-state index contributed by atoms with van der Waals surface area (Å²) in [4.78, 5) is 4.31. The number of aliphatic imine (C=N–C) groups is 1. The summed E-state index contributed by atoms with van der Waals surface area (Å²) in [5, 5.41) is 14.9. The minimum Gasteiger partial charge on any atom is -0.380 e. The molecule has 1 aromatic carbocycles. The van der Waals surface area contributed by atoms with Crippen molar-refractivity contribution in [2.75, 3.05) is 26.3 Å². The van der Waals surface area contributed by atoms with Crippen LogP contribution in [0.2, 0.25) is 0 Å². The van der Waals surface area contributed by atoms with E-state index in [0.717, 1.165) is 6.54 Å². The molecule has 0 atom stereocenters. The van der Waals surface area contributed by atoms with Crippen LogP contribution < -0.4 is 10.6 Å². The summed E-state index contributed by atoms with van der Waals surface area (Å²) in [5.41, 5.74) is 0.762. The Morgan fingerprint density at radius 3 is 2.81 bits per heavy atom. The molecule has 0 unspecified atom stereocenters. The lowest BCUT2D eigenvalue weighted by Gasteiger charge is -2.11. The SMILES string of the molecule is CCNC(=NCc1ccc(C#N)cc1F)NCCOCC. The predicted molar refractivity (Wildman–Crippen MR) is 80.4 cm³/mol. The average Bonchev–Trinajstić information content (AvgIpc) is 2.49. The van der Waals surface area contributed by atoms with Crippen LogP contribution in [0.25, 0.3) is 0 Å². The molecule has 0 aromatic heterocycles. The summed E-state index contributed by atoms with van der Waals surface area (Å²) in [6.45, 7) is 6.72. The van der Waals surface area contributed by atoms with Gasteiger partial charge in [0.1, 0.15) is 5.82 Å². The first kappa shape index (κ1) is 16.9. The standard InChI is InChI=1S/C15H21FN4O/c1-3-18-15(19-7-8-21-4-2)20-11-13-6-5-12(10-17)9-14(13)16/h5-6,9H,3-4,7-8,11H2,1-2H3,(H2,18,19,20). The van der Waals surface area contributed by atoms with Crippen molar-refractivity contribution in [3.05, 3.63) is 35.1 Å². The number of hydrogen-bond acceptors (Lipinski definition) is 3. The molecule has 0 saturated heterocycles. The van der Waals surface area contributed by atoms with Crippen molar-refractivity contribution in [1.29, 1.82) is 5.26 Å². The van der Waals surface area contributed by atoms with Crippen molar-refractivity contribution in [3.63, 3.8) is 0 Å². The topological polar surface area (TPSA) is 69.4 Å². The lowest BCUT2D eigenvalue weighted by molar-refractivity contribution is 0.152. The third kappa shape index (κ3) is 6.23. The number of guanidine groups is 1. The van der Waals surface area contributed by atoms with Gasteiger partial charge in [0.25, 0.3) is 0 Å². The lowest BCUT2D eigenvalue weighted by atomic mass is 10.1. The molecular weight excluding hydrogens is 271 g/mol. The molecule has 1 rings (SSSR count). The molecule has 0 fully saturated rings. The smallest absolute Gasteiger partial charge is 0.191 e. The van der Waals surface area contributed by atoms with Crippen LogP contribution in [0.1, 0.15) is 25.0 Å². The molecule has 0 aliphatic carbocycles. The average molecular weight is 292 g/mol. The van der Waals surface area contributed by atoms with E-state index in [4.69, 9.17) is 10.00 Å². The zero-order chi connectivity index (χ0) is 15.5. The van der Waals surface area contributed by atoms with Gasteiger partial charge in [-0.25, -0.2) is 9.38 Å². The maximum atomic E-state index is 13.7. The molecule has 0 saturated carbocycles. The quantitative estimate of drug-likeness (QED) is 0.457. The summed E-state index contributed by atoms with van der Waals surface area (Å²) in [6, 6.07) is 6.30. The largest absolute Gasteiger partial charge is 0.380 e. The van der Waals surface area contributed by atoms with E-state index < -0.39 is 5.82 Å². The van der Waals surface area contributed by atoms with Gasteiger partial charge in [0.2, 0.25) is 0 Å². The minimum absolute atomic E-state index is 0.210. The third-order valence-corrected chi connectivity index (χ3v) is 2.68. The lowest BCUT2D eigenvalue weighted by Crippen LogP contribution is -2.39. The zero-order valence-corrected chi connectivity index (χ0v) is 12.4. The fourth-order valence-corrected chi connectivity index (χ4v) is 1.64. The number of ether oxygens (including phenoxy) is 1. The Bertz CT molecular complexity index is 511. The Balaban J connectivity index is 2.62. The number of rotatable bonds is 7. The van der Waals surface area contributed by atoms with Crippen LogP contribution >= 0.6 is 0 Å². The van der Waals surface area contributed by atoms with Gasteiger partial charge in [0.15, 0.2) is 5.96 Å². The second kappa shape index (κ2) is 9.72. The highest BCUT2D eigenvalue weighted by Gasteiger charge is 2.04. The number of nitrogens with one attached hydrogen (secondary N) is 2. The molecule has 0 radical (unpaired) electrons. The van der Waals surface area contributed by atoms with Gasteiger partial charge in [-0.1, -0.05) is 6.07 Å². The van der Waals surface area contributed by atoms with Crippen molar-refractivity contribution in [3.8, 4) is 6.07 Å². The highest BCUT2D eigenvalue weighted by molar-refractivity contribution is 5.79.